The van der Waals surface area contributed by atoms with Crippen molar-refractivity contribution in [3.05, 3.63) is 59.2 Å². The molecule has 0 aromatic heterocycles. The average Bonchev–Trinajstić information content (AvgIpc) is 2.55. The maximum absolute atomic E-state index is 9.80. The predicted octanol–water partition coefficient (Wildman–Crippen LogP) is 4.80. The maximum atomic E-state index is 9.80. The van der Waals surface area contributed by atoms with Crippen LogP contribution in [-0.2, 0) is 12.8 Å². The van der Waals surface area contributed by atoms with Gasteiger partial charge < -0.3 is 9.84 Å². The second-order valence-corrected chi connectivity index (χ2v) is 5.73. The van der Waals surface area contributed by atoms with Crippen LogP contribution in [0.5, 0.6) is 11.5 Å². The molecule has 0 saturated carbocycles. The lowest BCUT2D eigenvalue weighted by Gasteiger charge is -2.17. The number of ether oxygens (including phenoxy) is 1. The van der Waals surface area contributed by atoms with E-state index in [2.05, 4.69) is 18.2 Å². The van der Waals surface area contributed by atoms with Crippen LogP contribution in [0.3, 0.4) is 0 Å². The van der Waals surface area contributed by atoms with Crippen LogP contribution in [0.4, 0.5) is 0 Å². The normalized spacial score (nSPS) is 15.3. The zero-order chi connectivity index (χ0) is 14.7. The van der Waals surface area contributed by atoms with Crippen LogP contribution in [0.15, 0.2) is 42.5 Å². The van der Waals surface area contributed by atoms with Gasteiger partial charge in [-0.3, -0.25) is 0 Å². The highest BCUT2D eigenvalue weighted by Crippen LogP contribution is 2.29. The van der Waals surface area contributed by atoms with E-state index in [-0.39, 0.29) is 6.10 Å². The Bertz CT molecular complexity index is 601. The van der Waals surface area contributed by atoms with Gasteiger partial charge in [-0.25, -0.2) is 0 Å². The molecule has 21 heavy (non-hydrogen) atoms. The SMILES string of the molecule is CCC(O)c1ccc(Oc2ccc3c(c2)CCCC3)cc1. The summed E-state index contributed by atoms with van der Waals surface area (Å²) in [5, 5.41) is 9.80. The summed E-state index contributed by atoms with van der Waals surface area (Å²) in [7, 11) is 0. The summed E-state index contributed by atoms with van der Waals surface area (Å²) < 4.78 is 5.93. The van der Waals surface area contributed by atoms with Gasteiger partial charge in [-0.15, -0.1) is 0 Å². The molecule has 0 bridgehead atoms. The summed E-state index contributed by atoms with van der Waals surface area (Å²) >= 11 is 0. The zero-order valence-corrected chi connectivity index (χ0v) is 12.5. The highest BCUT2D eigenvalue weighted by atomic mass is 16.5. The van der Waals surface area contributed by atoms with Gasteiger partial charge in [-0.05, 0) is 73.1 Å². The van der Waals surface area contributed by atoms with Crippen molar-refractivity contribution in [2.24, 2.45) is 0 Å². The Labute approximate surface area is 126 Å². The average molecular weight is 282 g/mol. The summed E-state index contributed by atoms with van der Waals surface area (Å²) in [6.45, 7) is 1.97. The first-order valence-corrected chi connectivity index (χ1v) is 7.84. The van der Waals surface area contributed by atoms with Gasteiger partial charge in [0.1, 0.15) is 11.5 Å². The van der Waals surface area contributed by atoms with E-state index in [4.69, 9.17) is 4.74 Å². The molecular weight excluding hydrogens is 260 g/mol. The first-order valence-electron chi connectivity index (χ1n) is 7.84. The van der Waals surface area contributed by atoms with Gasteiger partial charge >= 0.3 is 0 Å². The van der Waals surface area contributed by atoms with E-state index in [0.717, 1.165) is 29.9 Å². The monoisotopic (exact) mass is 282 g/mol. The van der Waals surface area contributed by atoms with Crippen molar-refractivity contribution in [1.29, 1.82) is 0 Å². The molecule has 1 atom stereocenters. The smallest absolute Gasteiger partial charge is 0.127 e. The van der Waals surface area contributed by atoms with Crippen LogP contribution in [0.2, 0.25) is 0 Å². The minimum atomic E-state index is -0.386. The first-order chi connectivity index (χ1) is 10.3. The van der Waals surface area contributed by atoms with Gasteiger partial charge in [0, 0.05) is 0 Å². The van der Waals surface area contributed by atoms with Crippen LogP contribution in [0, 0.1) is 0 Å². The second-order valence-electron chi connectivity index (χ2n) is 5.73. The second kappa shape index (κ2) is 6.31. The van der Waals surface area contributed by atoms with Crippen molar-refractivity contribution in [3.8, 4) is 11.5 Å². The Hall–Kier alpha value is -1.80. The number of fused-ring (bicyclic) bond motifs is 1. The summed E-state index contributed by atoms with van der Waals surface area (Å²) in [4.78, 5) is 0. The number of aliphatic hydroxyl groups is 1. The molecule has 0 amide bonds. The van der Waals surface area contributed by atoms with Gasteiger partial charge in [0.25, 0.3) is 0 Å². The number of hydrogen-bond acceptors (Lipinski definition) is 2. The zero-order valence-electron chi connectivity index (χ0n) is 12.5. The molecule has 0 aliphatic heterocycles. The Kier molecular flexibility index (Phi) is 4.26. The number of rotatable bonds is 4. The molecule has 0 heterocycles. The van der Waals surface area contributed by atoms with Gasteiger partial charge in [0.15, 0.2) is 0 Å². The lowest BCUT2D eigenvalue weighted by atomic mass is 9.92. The molecule has 0 spiro atoms. The van der Waals surface area contributed by atoms with Gasteiger partial charge in [-0.1, -0.05) is 25.1 Å². The Morgan fingerprint density at radius 1 is 0.952 bits per heavy atom. The van der Waals surface area contributed by atoms with Crippen molar-refractivity contribution in [2.45, 2.75) is 45.1 Å². The van der Waals surface area contributed by atoms with E-state index < -0.39 is 0 Å². The Morgan fingerprint density at radius 3 is 2.33 bits per heavy atom. The summed E-state index contributed by atoms with van der Waals surface area (Å²) in [6.07, 6.45) is 5.27. The van der Waals surface area contributed by atoms with Crippen LogP contribution in [0.1, 0.15) is 49.0 Å². The fourth-order valence-electron chi connectivity index (χ4n) is 2.90. The Morgan fingerprint density at radius 2 is 1.62 bits per heavy atom. The molecule has 2 nitrogen and oxygen atoms in total. The first kappa shape index (κ1) is 14.2. The van der Waals surface area contributed by atoms with Gasteiger partial charge in [0.05, 0.1) is 6.10 Å². The van der Waals surface area contributed by atoms with Crippen LogP contribution in [0.25, 0.3) is 0 Å². The van der Waals surface area contributed by atoms with Crippen molar-refractivity contribution >= 4 is 0 Å². The molecule has 0 fully saturated rings. The van der Waals surface area contributed by atoms with Crippen LogP contribution < -0.4 is 4.74 Å². The summed E-state index contributed by atoms with van der Waals surface area (Å²) in [5.41, 5.74) is 3.84. The van der Waals surface area contributed by atoms with Crippen molar-refractivity contribution < 1.29 is 9.84 Å². The van der Waals surface area contributed by atoms with Gasteiger partial charge in [0.2, 0.25) is 0 Å². The summed E-state index contributed by atoms with van der Waals surface area (Å²) in [6, 6.07) is 14.1. The highest BCUT2D eigenvalue weighted by molar-refractivity contribution is 5.40. The fourth-order valence-corrected chi connectivity index (χ4v) is 2.90. The summed E-state index contributed by atoms with van der Waals surface area (Å²) in [5.74, 6) is 1.72. The molecule has 2 heteroatoms. The third kappa shape index (κ3) is 3.27. The van der Waals surface area contributed by atoms with E-state index in [9.17, 15) is 5.11 Å². The molecule has 1 aliphatic carbocycles. The topological polar surface area (TPSA) is 29.5 Å². The van der Waals surface area contributed by atoms with E-state index >= 15 is 0 Å². The lowest BCUT2D eigenvalue weighted by Crippen LogP contribution is -2.02. The maximum Gasteiger partial charge on any atom is 0.127 e. The third-order valence-corrected chi connectivity index (χ3v) is 4.21. The van der Waals surface area contributed by atoms with E-state index in [0.29, 0.717) is 0 Å². The highest BCUT2D eigenvalue weighted by Gasteiger charge is 2.10. The number of aliphatic hydroxyl groups excluding tert-OH is 1. The quantitative estimate of drug-likeness (QED) is 0.872. The molecule has 3 rings (SSSR count). The largest absolute Gasteiger partial charge is 0.457 e. The molecule has 0 radical (unpaired) electrons. The van der Waals surface area contributed by atoms with E-state index in [1.54, 1.807) is 0 Å². The molecule has 2 aromatic rings. The molecule has 1 aliphatic rings. The van der Waals surface area contributed by atoms with Gasteiger partial charge in [-0.2, -0.15) is 0 Å². The van der Waals surface area contributed by atoms with Crippen LogP contribution >= 0.6 is 0 Å². The molecular formula is C19H22O2. The minimum absolute atomic E-state index is 0.386. The standard InChI is InChI=1S/C19H22O2/c1-2-19(20)15-8-10-17(11-9-15)21-18-12-7-14-5-3-4-6-16(14)13-18/h7-13,19-20H,2-6H2,1H3. The molecule has 1 unspecified atom stereocenters. The minimum Gasteiger partial charge on any atom is -0.457 e. The predicted molar refractivity (Wildman–Crippen MR) is 84.9 cm³/mol. The number of benzene rings is 2. The fraction of sp³-hybridized carbons (Fsp3) is 0.368. The molecule has 1 N–H and O–H groups in total. The third-order valence-electron chi connectivity index (χ3n) is 4.21. The van der Waals surface area contributed by atoms with Crippen molar-refractivity contribution in [2.75, 3.05) is 0 Å². The van der Waals surface area contributed by atoms with E-state index in [1.165, 1.54) is 30.4 Å². The molecule has 110 valence electrons. The Balaban J connectivity index is 1.74. The molecule has 2 aromatic carbocycles. The number of hydrogen-bond donors (Lipinski definition) is 1. The van der Waals surface area contributed by atoms with E-state index in [1.807, 2.05) is 31.2 Å². The van der Waals surface area contributed by atoms with Crippen molar-refractivity contribution in [1.82, 2.24) is 0 Å². The lowest BCUT2D eigenvalue weighted by molar-refractivity contribution is 0.173. The number of aryl methyl sites for hydroxylation is 2. The van der Waals surface area contributed by atoms with Crippen LogP contribution in [-0.4, -0.2) is 5.11 Å². The van der Waals surface area contributed by atoms with Crippen molar-refractivity contribution in [3.63, 3.8) is 0 Å². The molecule has 0 saturated heterocycles.